The van der Waals surface area contributed by atoms with Crippen molar-refractivity contribution in [3.63, 3.8) is 0 Å². The van der Waals surface area contributed by atoms with Gasteiger partial charge in [0.05, 0.1) is 11.8 Å². The molecule has 2 fully saturated rings. The number of amides is 2. The molecule has 128 valence electrons. The first kappa shape index (κ1) is 17.2. The summed E-state index contributed by atoms with van der Waals surface area (Å²) in [6, 6.07) is 4.99. The van der Waals surface area contributed by atoms with E-state index in [2.05, 4.69) is 0 Å². The monoisotopic (exact) mass is 369 g/mol. The first-order valence-corrected chi connectivity index (χ1v) is 8.68. The molecule has 1 aliphatic heterocycles. The van der Waals surface area contributed by atoms with Gasteiger partial charge >= 0.3 is 5.97 Å². The Kier molecular flexibility index (Phi) is 5.11. The van der Waals surface area contributed by atoms with E-state index in [9.17, 15) is 14.4 Å². The van der Waals surface area contributed by atoms with Crippen LogP contribution < -0.4 is 0 Å². The first-order valence-electron chi connectivity index (χ1n) is 7.92. The van der Waals surface area contributed by atoms with Crippen LogP contribution in [0.4, 0.5) is 0 Å². The zero-order valence-corrected chi connectivity index (χ0v) is 14.5. The van der Waals surface area contributed by atoms with Gasteiger partial charge in [-0.3, -0.25) is 19.3 Å². The summed E-state index contributed by atoms with van der Waals surface area (Å²) >= 11 is 12.0. The third kappa shape index (κ3) is 3.28. The van der Waals surface area contributed by atoms with Crippen LogP contribution in [0.25, 0.3) is 0 Å². The molecule has 2 amide bonds. The Bertz CT molecular complexity index is 647. The molecule has 1 saturated heterocycles. The summed E-state index contributed by atoms with van der Waals surface area (Å²) in [5, 5.41) is 0.796. The number of benzene rings is 1. The standard InChI is InChI=1S/C17H17Cl2NO4/c18-13-6-3-7-14(19)12(13)9-24-15(21)8-20-16(22)10-4-1-2-5-11(10)17(20)23/h3,6-7,10-11H,1-2,4-5,8-9H2/t10-,11-/m0/s1. The summed E-state index contributed by atoms with van der Waals surface area (Å²) in [7, 11) is 0. The van der Waals surface area contributed by atoms with Crippen molar-refractivity contribution in [2.75, 3.05) is 6.54 Å². The van der Waals surface area contributed by atoms with Crippen LogP contribution in [0.2, 0.25) is 10.0 Å². The van der Waals surface area contributed by atoms with Crippen molar-refractivity contribution >= 4 is 41.0 Å². The van der Waals surface area contributed by atoms with Crippen LogP contribution in [0.1, 0.15) is 31.2 Å². The van der Waals surface area contributed by atoms with E-state index >= 15 is 0 Å². The molecule has 7 heteroatoms. The number of hydrogen-bond acceptors (Lipinski definition) is 4. The number of esters is 1. The molecule has 5 nitrogen and oxygen atoms in total. The zero-order chi connectivity index (χ0) is 17.3. The van der Waals surface area contributed by atoms with Gasteiger partial charge in [-0.2, -0.15) is 0 Å². The van der Waals surface area contributed by atoms with Gasteiger partial charge < -0.3 is 4.74 Å². The highest BCUT2D eigenvalue weighted by Crippen LogP contribution is 2.37. The average molecular weight is 370 g/mol. The molecule has 2 aliphatic rings. The van der Waals surface area contributed by atoms with Crippen LogP contribution in [-0.2, 0) is 25.7 Å². The molecule has 24 heavy (non-hydrogen) atoms. The smallest absolute Gasteiger partial charge is 0.326 e. The Balaban J connectivity index is 1.61. The molecule has 0 unspecified atom stereocenters. The Morgan fingerprint density at radius 2 is 1.62 bits per heavy atom. The fraction of sp³-hybridized carbons (Fsp3) is 0.471. The number of imide groups is 1. The normalized spacial score (nSPS) is 23.3. The van der Waals surface area contributed by atoms with Crippen LogP contribution in [-0.4, -0.2) is 29.2 Å². The fourth-order valence-electron chi connectivity index (χ4n) is 3.38. The minimum absolute atomic E-state index is 0.0968. The van der Waals surface area contributed by atoms with E-state index in [1.54, 1.807) is 18.2 Å². The summed E-state index contributed by atoms with van der Waals surface area (Å²) < 4.78 is 5.15. The number of carbonyl (C=O) groups is 3. The van der Waals surface area contributed by atoms with E-state index in [1.165, 1.54) is 0 Å². The minimum atomic E-state index is -0.647. The van der Waals surface area contributed by atoms with Gasteiger partial charge in [-0.05, 0) is 25.0 Å². The van der Waals surface area contributed by atoms with Gasteiger partial charge in [0.15, 0.2) is 0 Å². The zero-order valence-electron chi connectivity index (χ0n) is 13.0. The molecule has 1 aliphatic carbocycles. The molecule has 0 bridgehead atoms. The molecule has 1 saturated carbocycles. The number of fused-ring (bicyclic) bond motifs is 1. The van der Waals surface area contributed by atoms with E-state index in [4.69, 9.17) is 27.9 Å². The predicted molar refractivity (Wildman–Crippen MR) is 88.4 cm³/mol. The highest BCUT2D eigenvalue weighted by atomic mass is 35.5. The third-order valence-electron chi connectivity index (χ3n) is 4.66. The molecule has 0 aromatic heterocycles. The van der Waals surface area contributed by atoms with Gasteiger partial charge in [-0.1, -0.05) is 42.1 Å². The summed E-state index contributed by atoms with van der Waals surface area (Å²) in [5.74, 6) is -1.68. The summed E-state index contributed by atoms with van der Waals surface area (Å²) in [5.41, 5.74) is 0.502. The Morgan fingerprint density at radius 1 is 1.08 bits per heavy atom. The van der Waals surface area contributed by atoms with Gasteiger partial charge in [-0.25, -0.2) is 0 Å². The second kappa shape index (κ2) is 7.11. The van der Waals surface area contributed by atoms with Crippen molar-refractivity contribution in [3.05, 3.63) is 33.8 Å². The number of likely N-dealkylation sites (tertiary alicyclic amines) is 1. The van der Waals surface area contributed by atoms with Crippen LogP contribution in [0, 0.1) is 11.8 Å². The molecular weight excluding hydrogens is 353 g/mol. The lowest BCUT2D eigenvalue weighted by atomic mass is 9.81. The van der Waals surface area contributed by atoms with Gasteiger partial charge in [0, 0.05) is 15.6 Å². The van der Waals surface area contributed by atoms with Crippen molar-refractivity contribution in [2.45, 2.75) is 32.3 Å². The lowest BCUT2D eigenvalue weighted by Crippen LogP contribution is -2.36. The number of ether oxygens (including phenoxy) is 1. The van der Waals surface area contributed by atoms with Crippen molar-refractivity contribution in [1.82, 2.24) is 4.90 Å². The van der Waals surface area contributed by atoms with Crippen molar-refractivity contribution in [3.8, 4) is 0 Å². The lowest BCUT2D eigenvalue weighted by molar-refractivity contribution is -0.153. The molecule has 1 aromatic rings. The van der Waals surface area contributed by atoms with Gasteiger partial charge in [0.25, 0.3) is 0 Å². The Labute approximate surface area is 149 Å². The van der Waals surface area contributed by atoms with Crippen LogP contribution >= 0.6 is 23.2 Å². The highest BCUT2D eigenvalue weighted by molar-refractivity contribution is 6.35. The molecule has 1 aromatic carbocycles. The molecule has 2 atom stereocenters. The SMILES string of the molecule is O=C(CN1C(=O)[C@H]2CCCC[C@@H]2C1=O)OCc1c(Cl)cccc1Cl. The van der Waals surface area contributed by atoms with Crippen LogP contribution in [0.15, 0.2) is 18.2 Å². The van der Waals surface area contributed by atoms with Gasteiger partial charge in [0.1, 0.15) is 13.2 Å². The van der Waals surface area contributed by atoms with E-state index < -0.39 is 5.97 Å². The average Bonchev–Trinajstić information content (AvgIpc) is 2.80. The van der Waals surface area contributed by atoms with Crippen LogP contribution in [0.5, 0.6) is 0 Å². The number of rotatable bonds is 4. The fourth-order valence-corrected chi connectivity index (χ4v) is 3.89. The van der Waals surface area contributed by atoms with E-state index in [-0.39, 0.29) is 36.8 Å². The maximum atomic E-state index is 12.3. The van der Waals surface area contributed by atoms with Gasteiger partial charge in [-0.15, -0.1) is 0 Å². The number of nitrogens with zero attached hydrogens (tertiary/aromatic N) is 1. The molecule has 3 rings (SSSR count). The van der Waals surface area contributed by atoms with Gasteiger partial charge in [0.2, 0.25) is 11.8 Å². The summed E-state index contributed by atoms with van der Waals surface area (Å²) in [6.45, 7) is -0.451. The molecule has 1 heterocycles. The number of carbonyl (C=O) groups excluding carboxylic acids is 3. The Morgan fingerprint density at radius 3 is 2.17 bits per heavy atom. The van der Waals surface area contributed by atoms with Crippen molar-refractivity contribution < 1.29 is 19.1 Å². The lowest BCUT2D eigenvalue weighted by Gasteiger charge is -2.19. The first-order chi connectivity index (χ1) is 11.5. The highest BCUT2D eigenvalue weighted by Gasteiger charge is 2.48. The van der Waals surface area contributed by atoms with E-state index in [1.807, 2.05) is 0 Å². The summed E-state index contributed by atoms with van der Waals surface area (Å²) in [4.78, 5) is 37.7. The van der Waals surface area contributed by atoms with Crippen molar-refractivity contribution in [2.24, 2.45) is 11.8 Å². The molecule has 0 N–H and O–H groups in total. The second-order valence-electron chi connectivity index (χ2n) is 6.12. The van der Waals surface area contributed by atoms with Crippen molar-refractivity contribution in [1.29, 1.82) is 0 Å². The van der Waals surface area contributed by atoms with Crippen LogP contribution in [0.3, 0.4) is 0 Å². The minimum Gasteiger partial charge on any atom is -0.459 e. The molecule has 0 spiro atoms. The molecule has 0 radical (unpaired) electrons. The largest absolute Gasteiger partial charge is 0.459 e. The third-order valence-corrected chi connectivity index (χ3v) is 5.37. The number of halogens is 2. The maximum Gasteiger partial charge on any atom is 0.326 e. The predicted octanol–water partition coefficient (Wildman–Crippen LogP) is 3.21. The Hall–Kier alpha value is -1.59. The number of hydrogen-bond donors (Lipinski definition) is 0. The maximum absolute atomic E-state index is 12.3. The van der Waals surface area contributed by atoms with E-state index in [0.717, 1.165) is 30.6 Å². The van der Waals surface area contributed by atoms with E-state index in [0.29, 0.717) is 15.6 Å². The summed E-state index contributed by atoms with van der Waals surface area (Å²) in [6.07, 6.45) is 3.33. The molecular formula is C17H17Cl2NO4. The second-order valence-corrected chi connectivity index (χ2v) is 6.94. The quantitative estimate of drug-likeness (QED) is 0.603. The topological polar surface area (TPSA) is 63.7 Å².